The van der Waals surface area contributed by atoms with Crippen molar-refractivity contribution in [3.05, 3.63) is 0 Å². The molecule has 50 valence electrons. The number of hydrogen-bond donors (Lipinski definition) is 2. The van der Waals surface area contributed by atoms with E-state index in [0.29, 0.717) is 9.97 Å². The molecule has 0 amide bonds. The average molecular weight is 174 g/mol. The predicted molar refractivity (Wildman–Crippen MR) is 37.1 cm³/mol. The van der Waals surface area contributed by atoms with Crippen molar-refractivity contribution in [2.75, 3.05) is 6.61 Å². The number of rotatable bonds is 2. The highest BCUT2D eigenvalue weighted by atomic mass is 33.2. The Morgan fingerprint density at radius 2 is 2.50 bits per heavy atom. The third-order valence-electron chi connectivity index (χ3n) is 0.395. The Labute approximate surface area is 56.7 Å². The van der Waals surface area contributed by atoms with Crippen LogP contribution in [0.15, 0.2) is 0 Å². The Balaban J connectivity index is 3.74. The van der Waals surface area contributed by atoms with Gasteiger partial charge in [-0.15, -0.1) is 0 Å². The monoisotopic (exact) mass is 174 g/mol. The Morgan fingerprint density at radius 1 is 2.00 bits per heavy atom. The molecule has 0 aromatic rings. The molecule has 0 aromatic carbocycles. The van der Waals surface area contributed by atoms with Gasteiger partial charge in [0.25, 0.3) is 9.97 Å². The first-order valence-corrected chi connectivity index (χ1v) is 5.98. The first kappa shape index (κ1) is 8.88. The van der Waals surface area contributed by atoms with Gasteiger partial charge in [-0.05, 0) is 6.92 Å². The lowest BCUT2D eigenvalue weighted by molar-refractivity contribution is -0.201. The zero-order chi connectivity index (χ0) is 6.62. The maximum Gasteiger partial charge on any atom is 0.333 e. The van der Waals surface area contributed by atoms with Gasteiger partial charge in [0.05, 0.1) is 6.61 Å². The van der Waals surface area contributed by atoms with Crippen LogP contribution in [0.3, 0.4) is 0 Å². The maximum absolute atomic E-state index is 10.4. The minimum atomic E-state index is -3.39. The predicted octanol–water partition coefficient (Wildman–Crippen LogP) is -0.0195. The van der Waals surface area contributed by atoms with Crippen molar-refractivity contribution < 1.29 is 14.3 Å². The topological polar surface area (TPSA) is 52.5 Å². The highest BCUT2D eigenvalue weighted by Gasteiger charge is 2.08. The Bertz CT molecular complexity index is 108. The van der Waals surface area contributed by atoms with Crippen molar-refractivity contribution >= 4 is 28.4 Å². The van der Waals surface area contributed by atoms with Crippen molar-refractivity contribution in [1.82, 2.24) is 0 Å². The fraction of sp³-hybridized carbons (Fsp3) is 1.00. The van der Waals surface area contributed by atoms with Gasteiger partial charge in [0, 0.05) is 0 Å². The van der Waals surface area contributed by atoms with Gasteiger partial charge in [-0.1, -0.05) is 0 Å². The standard InChI is InChI=1S/C2H7O3PS2/c1-2-5-6(3,4)8-7/h2H2,1H3,(H2-,3,4,7). The van der Waals surface area contributed by atoms with Crippen molar-refractivity contribution in [2.45, 2.75) is 6.92 Å². The largest absolute Gasteiger partial charge is 0.741 e. The fourth-order valence-electron chi connectivity index (χ4n) is 0.187. The normalized spacial score (nSPS) is 17.5. The SMILES string of the molecule is CCOP([O-])(O)=[S+]S. The summed E-state index contributed by atoms with van der Waals surface area (Å²) in [6.45, 7) is -1.51. The molecule has 0 radical (unpaired) electrons. The number of hydrogen-bond acceptors (Lipinski definition) is 2. The van der Waals surface area contributed by atoms with E-state index in [-0.39, 0.29) is 6.61 Å². The lowest BCUT2D eigenvalue weighted by Gasteiger charge is -2.09. The molecule has 1 atom stereocenters. The first-order valence-electron chi connectivity index (χ1n) is 1.93. The minimum absolute atomic E-state index is 0.237. The zero-order valence-electron chi connectivity index (χ0n) is 4.27. The van der Waals surface area contributed by atoms with Crippen molar-refractivity contribution in [1.29, 1.82) is 0 Å². The van der Waals surface area contributed by atoms with Crippen LogP contribution in [0.5, 0.6) is 0 Å². The second-order valence-electron chi connectivity index (χ2n) is 0.968. The van der Waals surface area contributed by atoms with Crippen LogP contribution in [0.2, 0.25) is 0 Å². The van der Waals surface area contributed by atoms with Gasteiger partial charge in [-0.2, -0.15) is 0 Å². The highest BCUT2D eigenvalue weighted by molar-refractivity contribution is 8.66. The van der Waals surface area contributed by atoms with E-state index in [1.165, 1.54) is 0 Å². The van der Waals surface area contributed by atoms with E-state index in [9.17, 15) is 4.89 Å². The molecule has 6 heteroatoms. The van der Waals surface area contributed by atoms with E-state index in [1.54, 1.807) is 6.92 Å². The molecule has 1 unspecified atom stereocenters. The Morgan fingerprint density at radius 3 is 2.62 bits per heavy atom. The molecular formula is C2H7O3PS2. The summed E-state index contributed by atoms with van der Waals surface area (Å²) in [7, 11) is 0.535. The van der Waals surface area contributed by atoms with Crippen LogP contribution in [0.25, 0.3) is 0 Å². The van der Waals surface area contributed by atoms with Gasteiger partial charge in [0.1, 0.15) is 0 Å². The summed E-state index contributed by atoms with van der Waals surface area (Å²) in [6.07, 6.45) is 0. The van der Waals surface area contributed by atoms with Crippen LogP contribution < -0.4 is 4.89 Å². The van der Waals surface area contributed by atoms with Crippen LogP contribution in [0.4, 0.5) is 0 Å². The van der Waals surface area contributed by atoms with Crippen LogP contribution in [0.1, 0.15) is 6.92 Å². The second kappa shape index (κ2) is 3.82. The molecule has 0 aliphatic heterocycles. The fourth-order valence-corrected chi connectivity index (χ4v) is 1.44. The van der Waals surface area contributed by atoms with E-state index in [4.69, 9.17) is 4.89 Å². The van der Waals surface area contributed by atoms with Gasteiger partial charge < -0.3 is 14.3 Å². The van der Waals surface area contributed by atoms with Crippen molar-refractivity contribution in [2.24, 2.45) is 0 Å². The summed E-state index contributed by atoms with van der Waals surface area (Å²) in [6, 6.07) is 0. The molecule has 3 nitrogen and oxygen atoms in total. The molecular weight excluding hydrogens is 167 g/mol. The minimum Gasteiger partial charge on any atom is -0.741 e. The molecule has 0 aliphatic rings. The lowest BCUT2D eigenvalue weighted by atomic mass is 10.9. The smallest absolute Gasteiger partial charge is 0.333 e. The van der Waals surface area contributed by atoms with E-state index in [0.717, 1.165) is 0 Å². The molecule has 0 rings (SSSR count). The molecule has 0 spiro atoms. The Hall–Kier alpha value is 0.880. The van der Waals surface area contributed by atoms with Crippen LogP contribution in [0, 0.1) is 0 Å². The zero-order valence-corrected chi connectivity index (χ0v) is 6.88. The molecule has 0 heterocycles. The summed E-state index contributed by atoms with van der Waals surface area (Å²) < 4.78 is 4.38. The van der Waals surface area contributed by atoms with Crippen molar-refractivity contribution in [3.63, 3.8) is 0 Å². The van der Waals surface area contributed by atoms with E-state index < -0.39 is 6.72 Å². The highest BCUT2D eigenvalue weighted by Crippen LogP contribution is 2.34. The van der Waals surface area contributed by atoms with Crippen LogP contribution in [-0.2, 0) is 14.5 Å². The summed E-state index contributed by atoms with van der Waals surface area (Å²) in [4.78, 5) is 18.9. The van der Waals surface area contributed by atoms with Crippen LogP contribution >= 0.6 is 18.4 Å². The molecule has 1 N–H and O–H groups in total. The average Bonchev–Trinajstić information content (AvgIpc) is 1.67. The summed E-state index contributed by atoms with van der Waals surface area (Å²) >= 11 is 3.51. The molecule has 0 saturated heterocycles. The molecule has 0 fully saturated rings. The Kier molecular flexibility index (Phi) is 4.24. The first-order chi connectivity index (χ1) is 3.62. The third kappa shape index (κ3) is 3.83. The third-order valence-corrected chi connectivity index (χ3v) is 3.98. The summed E-state index contributed by atoms with van der Waals surface area (Å²) in [5.41, 5.74) is 0. The molecule has 0 saturated carbocycles. The van der Waals surface area contributed by atoms with Crippen LogP contribution in [-0.4, -0.2) is 11.5 Å². The second-order valence-corrected chi connectivity index (χ2v) is 5.67. The van der Waals surface area contributed by atoms with E-state index in [1.807, 2.05) is 0 Å². The van der Waals surface area contributed by atoms with Gasteiger partial charge >= 0.3 is 6.72 Å². The quantitative estimate of drug-likeness (QED) is 0.268. The van der Waals surface area contributed by atoms with Gasteiger partial charge in [0.15, 0.2) is 11.7 Å². The van der Waals surface area contributed by atoms with Gasteiger partial charge in [-0.3, -0.25) is 0 Å². The summed E-state index contributed by atoms with van der Waals surface area (Å²) in [5, 5.41) is 0. The lowest BCUT2D eigenvalue weighted by Crippen LogP contribution is -2.03. The number of thiol groups is 1. The van der Waals surface area contributed by atoms with E-state index >= 15 is 0 Å². The van der Waals surface area contributed by atoms with Gasteiger partial charge in [0.2, 0.25) is 0 Å². The molecule has 0 aromatic heterocycles. The summed E-state index contributed by atoms with van der Waals surface area (Å²) in [5.74, 6) is 0. The molecule has 0 aliphatic carbocycles. The van der Waals surface area contributed by atoms with E-state index in [2.05, 4.69) is 16.2 Å². The molecule has 8 heavy (non-hydrogen) atoms. The van der Waals surface area contributed by atoms with Crippen molar-refractivity contribution in [3.8, 4) is 0 Å². The molecule has 0 bridgehead atoms. The maximum atomic E-state index is 10.4. The van der Waals surface area contributed by atoms with Gasteiger partial charge in [-0.25, -0.2) is 0 Å².